The van der Waals surface area contributed by atoms with Gasteiger partial charge in [0, 0.05) is 13.1 Å². The number of para-hydroxylation sites is 1. The van der Waals surface area contributed by atoms with Gasteiger partial charge in [0.2, 0.25) is 0 Å². The number of carbonyl (C=O) groups is 1. The van der Waals surface area contributed by atoms with Gasteiger partial charge in [0.25, 0.3) is 0 Å². The Bertz CT molecular complexity index is 459. The summed E-state index contributed by atoms with van der Waals surface area (Å²) in [7, 11) is 1.40. The van der Waals surface area contributed by atoms with E-state index >= 15 is 0 Å². The number of hydrogen-bond donors (Lipinski definition) is 1. The van der Waals surface area contributed by atoms with E-state index in [1.54, 1.807) is 12.1 Å². The molecule has 1 atom stereocenters. The molecule has 1 saturated heterocycles. The van der Waals surface area contributed by atoms with Crippen molar-refractivity contribution in [3.8, 4) is 0 Å². The van der Waals surface area contributed by atoms with E-state index in [0.717, 1.165) is 18.8 Å². The largest absolute Gasteiger partial charge is 0.465 e. The monoisotopic (exact) mass is 262 g/mol. The molecule has 19 heavy (non-hydrogen) atoms. The van der Waals surface area contributed by atoms with Gasteiger partial charge in [-0.15, -0.1) is 0 Å². The van der Waals surface area contributed by atoms with E-state index in [0.29, 0.717) is 17.2 Å². The zero-order valence-electron chi connectivity index (χ0n) is 11.7. The highest BCUT2D eigenvalue weighted by Gasteiger charge is 2.26. The SMILES string of the molecule is CCCC1CCN(c2c(N)cccc2C(=O)OC)C1. The molecular weight excluding hydrogens is 240 g/mol. The molecule has 1 aromatic rings. The van der Waals surface area contributed by atoms with Crippen molar-refractivity contribution in [3.05, 3.63) is 23.8 Å². The van der Waals surface area contributed by atoms with Gasteiger partial charge in [0.15, 0.2) is 0 Å². The van der Waals surface area contributed by atoms with Crippen LogP contribution >= 0.6 is 0 Å². The Balaban J connectivity index is 2.27. The Labute approximate surface area is 114 Å². The van der Waals surface area contributed by atoms with E-state index in [4.69, 9.17) is 10.5 Å². The molecule has 0 aliphatic carbocycles. The molecule has 0 saturated carbocycles. The smallest absolute Gasteiger partial charge is 0.340 e. The minimum Gasteiger partial charge on any atom is -0.465 e. The first kappa shape index (κ1) is 13.7. The molecule has 1 aliphatic rings. The lowest BCUT2D eigenvalue weighted by molar-refractivity contribution is 0.0601. The van der Waals surface area contributed by atoms with Crippen LogP contribution in [0.15, 0.2) is 18.2 Å². The van der Waals surface area contributed by atoms with Crippen molar-refractivity contribution < 1.29 is 9.53 Å². The molecule has 4 nitrogen and oxygen atoms in total. The zero-order valence-corrected chi connectivity index (χ0v) is 11.7. The molecule has 2 N–H and O–H groups in total. The molecule has 0 spiro atoms. The highest BCUT2D eigenvalue weighted by molar-refractivity contribution is 5.99. The Hall–Kier alpha value is -1.71. The number of ether oxygens (including phenoxy) is 1. The van der Waals surface area contributed by atoms with Crippen LogP contribution in [0.1, 0.15) is 36.5 Å². The van der Waals surface area contributed by atoms with E-state index in [1.165, 1.54) is 26.4 Å². The number of benzene rings is 1. The number of rotatable bonds is 4. The van der Waals surface area contributed by atoms with E-state index in [2.05, 4.69) is 11.8 Å². The van der Waals surface area contributed by atoms with Gasteiger partial charge >= 0.3 is 5.97 Å². The molecule has 1 unspecified atom stereocenters. The minimum atomic E-state index is -0.318. The van der Waals surface area contributed by atoms with E-state index in [9.17, 15) is 4.79 Å². The van der Waals surface area contributed by atoms with Gasteiger partial charge in [-0.3, -0.25) is 0 Å². The van der Waals surface area contributed by atoms with Crippen molar-refractivity contribution in [3.63, 3.8) is 0 Å². The van der Waals surface area contributed by atoms with Gasteiger partial charge in [-0.1, -0.05) is 19.4 Å². The number of methoxy groups -OCH3 is 1. The summed E-state index contributed by atoms with van der Waals surface area (Å²) in [5, 5.41) is 0. The van der Waals surface area contributed by atoms with Crippen molar-refractivity contribution in [2.45, 2.75) is 26.2 Å². The number of nitrogens with two attached hydrogens (primary N) is 1. The second-order valence-electron chi connectivity index (χ2n) is 5.12. The molecule has 1 aromatic carbocycles. The highest BCUT2D eigenvalue weighted by Crippen LogP contribution is 2.33. The first-order valence-corrected chi connectivity index (χ1v) is 6.89. The summed E-state index contributed by atoms with van der Waals surface area (Å²) >= 11 is 0. The summed E-state index contributed by atoms with van der Waals surface area (Å²) in [4.78, 5) is 14.1. The lowest BCUT2D eigenvalue weighted by Crippen LogP contribution is -2.23. The van der Waals surface area contributed by atoms with Crippen LogP contribution in [-0.4, -0.2) is 26.2 Å². The quantitative estimate of drug-likeness (QED) is 0.669. The van der Waals surface area contributed by atoms with Crippen LogP contribution in [0.5, 0.6) is 0 Å². The van der Waals surface area contributed by atoms with Gasteiger partial charge < -0.3 is 15.4 Å². The summed E-state index contributed by atoms with van der Waals surface area (Å²) in [6.45, 7) is 4.15. The predicted molar refractivity (Wildman–Crippen MR) is 77.4 cm³/mol. The summed E-state index contributed by atoms with van der Waals surface area (Å²) in [6, 6.07) is 5.42. The Morgan fingerprint density at radius 3 is 3.00 bits per heavy atom. The van der Waals surface area contributed by atoms with Crippen LogP contribution in [0.4, 0.5) is 11.4 Å². The fourth-order valence-corrected chi connectivity index (χ4v) is 2.87. The predicted octanol–water partition coefficient (Wildman–Crippen LogP) is 2.68. The third-order valence-corrected chi connectivity index (χ3v) is 3.77. The molecule has 4 heteroatoms. The second kappa shape index (κ2) is 5.95. The van der Waals surface area contributed by atoms with Crippen molar-refractivity contribution in [2.24, 2.45) is 5.92 Å². The van der Waals surface area contributed by atoms with Gasteiger partial charge in [-0.05, 0) is 30.9 Å². The molecule has 0 bridgehead atoms. The zero-order chi connectivity index (χ0) is 13.8. The Morgan fingerprint density at radius 1 is 1.53 bits per heavy atom. The second-order valence-corrected chi connectivity index (χ2v) is 5.12. The third kappa shape index (κ3) is 2.83. The fraction of sp³-hybridized carbons (Fsp3) is 0.533. The topological polar surface area (TPSA) is 55.6 Å². The van der Waals surface area contributed by atoms with Crippen LogP contribution in [0.25, 0.3) is 0 Å². The molecule has 1 heterocycles. The van der Waals surface area contributed by atoms with Gasteiger partial charge in [0.05, 0.1) is 24.0 Å². The van der Waals surface area contributed by atoms with Crippen molar-refractivity contribution >= 4 is 17.3 Å². The maximum absolute atomic E-state index is 11.8. The molecular formula is C15H22N2O2. The maximum Gasteiger partial charge on any atom is 0.340 e. The molecule has 1 aliphatic heterocycles. The average molecular weight is 262 g/mol. The molecule has 2 rings (SSSR count). The highest BCUT2D eigenvalue weighted by atomic mass is 16.5. The minimum absolute atomic E-state index is 0.318. The summed E-state index contributed by atoms with van der Waals surface area (Å²) < 4.78 is 4.84. The third-order valence-electron chi connectivity index (χ3n) is 3.77. The number of anilines is 2. The molecule has 1 fully saturated rings. The molecule has 0 radical (unpaired) electrons. The molecule has 0 amide bonds. The van der Waals surface area contributed by atoms with Crippen LogP contribution in [0, 0.1) is 5.92 Å². The first-order chi connectivity index (χ1) is 9.17. The lowest BCUT2D eigenvalue weighted by Gasteiger charge is -2.23. The lowest BCUT2D eigenvalue weighted by atomic mass is 10.0. The van der Waals surface area contributed by atoms with Crippen molar-refractivity contribution in [2.75, 3.05) is 30.8 Å². The standard InChI is InChI=1S/C15H22N2O2/c1-3-5-11-8-9-17(10-11)14-12(15(18)19-2)6-4-7-13(14)16/h4,6-7,11H,3,5,8-10,16H2,1-2H3. The van der Waals surface area contributed by atoms with Crippen LogP contribution in [0.3, 0.4) is 0 Å². The number of carbonyl (C=O) groups excluding carboxylic acids is 1. The summed E-state index contributed by atoms with van der Waals surface area (Å²) in [5.41, 5.74) is 8.13. The van der Waals surface area contributed by atoms with Crippen LogP contribution in [0.2, 0.25) is 0 Å². The van der Waals surface area contributed by atoms with E-state index in [1.807, 2.05) is 6.07 Å². The summed E-state index contributed by atoms with van der Waals surface area (Å²) in [5.74, 6) is 0.386. The van der Waals surface area contributed by atoms with Crippen molar-refractivity contribution in [1.82, 2.24) is 0 Å². The maximum atomic E-state index is 11.8. The Morgan fingerprint density at radius 2 is 2.32 bits per heavy atom. The number of nitrogens with zero attached hydrogens (tertiary/aromatic N) is 1. The van der Waals surface area contributed by atoms with Crippen LogP contribution < -0.4 is 10.6 Å². The Kier molecular flexibility index (Phi) is 4.30. The molecule has 0 aromatic heterocycles. The van der Waals surface area contributed by atoms with E-state index in [-0.39, 0.29) is 5.97 Å². The van der Waals surface area contributed by atoms with E-state index < -0.39 is 0 Å². The summed E-state index contributed by atoms with van der Waals surface area (Å²) in [6.07, 6.45) is 3.60. The number of hydrogen-bond acceptors (Lipinski definition) is 4. The number of nitrogen functional groups attached to an aromatic ring is 1. The first-order valence-electron chi connectivity index (χ1n) is 6.89. The number of esters is 1. The van der Waals surface area contributed by atoms with Gasteiger partial charge in [-0.25, -0.2) is 4.79 Å². The molecule has 104 valence electrons. The van der Waals surface area contributed by atoms with Crippen molar-refractivity contribution in [1.29, 1.82) is 0 Å². The van der Waals surface area contributed by atoms with Crippen LogP contribution in [-0.2, 0) is 4.74 Å². The van der Waals surface area contributed by atoms with Gasteiger partial charge in [-0.2, -0.15) is 0 Å². The normalized spacial score (nSPS) is 18.6. The van der Waals surface area contributed by atoms with Gasteiger partial charge in [0.1, 0.15) is 0 Å². The fourth-order valence-electron chi connectivity index (χ4n) is 2.87. The average Bonchev–Trinajstić information content (AvgIpc) is 2.86.